The summed E-state index contributed by atoms with van der Waals surface area (Å²) >= 11 is 0. The monoisotopic (exact) mass is 366 g/mol. The van der Waals surface area contributed by atoms with E-state index in [-0.39, 0.29) is 24.0 Å². The van der Waals surface area contributed by atoms with Crippen LogP contribution >= 0.6 is 24.0 Å². The minimum absolute atomic E-state index is 0. The lowest BCUT2D eigenvalue weighted by Crippen LogP contribution is -2.39. The third kappa shape index (κ3) is 7.54. The Morgan fingerprint density at radius 3 is 2.50 bits per heavy atom. The molecule has 0 amide bonds. The van der Waals surface area contributed by atoms with E-state index in [2.05, 4.69) is 32.6 Å². The molecule has 18 heavy (non-hydrogen) atoms. The molecule has 1 rings (SSSR count). The Labute approximate surface area is 126 Å². The number of nitrogens with one attached hydrogen (secondary N) is 2. The normalized spacial score (nSPS) is 10.9. The molecule has 0 radical (unpaired) electrons. The maximum Gasteiger partial charge on any atom is 0.191 e. The molecule has 0 unspecified atom stereocenters. The Balaban J connectivity index is 0.00000289. The van der Waals surface area contributed by atoms with Gasteiger partial charge >= 0.3 is 0 Å². The Bertz CT molecular complexity index is 314. The number of ether oxygens (including phenoxy) is 1. The van der Waals surface area contributed by atoms with Crippen LogP contribution in [0.3, 0.4) is 0 Å². The van der Waals surface area contributed by atoms with Crippen LogP contribution < -0.4 is 10.6 Å². The molecule has 0 fully saturated rings. The minimum atomic E-state index is 0. The molecule has 0 spiro atoms. The van der Waals surface area contributed by atoms with Crippen molar-refractivity contribution in [1.29, 1.82) is 0 Å². The quantitative estimate of drug-likeness (QED) is 0.331. The van der Waals surface area contributed by atoms with Crippen LogP contribution in [0.1, 0.15) is 6.42 Å². The fourth-order valence-electron chi connectivity index (χ4n) is 1.47. The van der Waals surface area contributed by atoms with E-state index in [9.17, 15) is 0 Å². The molecule has 0 aliphatic carbocycles. The van der Waals surface area contributed by atoms with Crippen LogP contribution in [0.5, 0.6) is 0 Å². The van der Waals surface area contributed by atoms with Crippen molar-refractivity contribution in [1.82, 2.24) is 15.2 Å². The number of rotatable bonds is 7. The fraction of sp³-hybridized carbons (Fsp3) is 0.583. The van der Waals surface area contributed by atoms with Gasteiger partial charge < -0.3 is 19.9 Å². The number of aliphatic imine (C=N–C) groups is 1. The minimum Gasteiger partial charge on any atom is -0.385 e. The van der Waals surface area contributed by atoms with Crippen molar-refractivity contribution in [2.45, 2.75) is 13.0 Å². The van der Waals surface area contributed by atoms with Crippen LogP contribution in [0.15, 0.2) is 29.5 Å². The summed E-state index contributed by atoms with van der Waals surface area (Å²) in [5, 5.41) is 6.50. The highest BCUT2D eigenvalue weighted by atomic mass is 127. The highest BCUT2D eigenvalue weighted by Crippen LogP contribution is 1.88. The SMILES string of the molecule is CN=C(NCCCOC)NCCn1cccc1.I. The summed E-state index contributed by atoms with van der Waals surface area (Å²) in [5.41, 5.74) is 0. The maximum absolute atomic E-state index is 4.98. The molecule has 0 aliphatic heterocycles. The van der Waals surface area contributed by atoms with Crippen molar-refractivity contribution in [3.05, 3.63) is 24.5 Å². The van der Waals surface area contributed by atoms with Gasteiger partial charge in [-0.15, -0.1) is 24.0 Å². The number of methoxy groups -OCH3 is 1. The van der Waals surface area contributed by atoms with Crippen LogP contribution in [0.4, 0.5) is 0 Å². The van der Waals surface area contributed by atoms with Gasteiger partial charge in [-0.05, 0) is 18.6 Å². The summed E-state index contributed by atoms with van der Waals surface area (Å²) in [5.74, 6) is 0.841. The first-order valence-electron chi connectivity index (χ1n) is 5.91. The van der Waals surface area contributed by atoms with Crippen LogP contribution in [0.2, 0.25) is 0 Å². The van der Waals surface area contributed by atoms with Crippen molar-refractivity contribution < 1.29 is 4.74 Å². The molecule has 6 heteroatoms. The van der Waals surface area contributed by atoms with Gasteiger partial charge in [0.1, 0.15) is 0 Å². The lowest BCUT2D eigenvalue weighted by atomic mass is 10.4. The van der Waals surface area contributed by atoms with Crippen LogP contribution in [0.25, 0.3) is 0 Å². The van der Waals surface area contributed by atoms with Crippen molar-refractivity contribution in [2.24, 2.45) is 4.99 Å². The number of guanidine groups is 1. The molecule has 0 aromatic carbocycles. The van der Waals surface area contributed by atoms with Gasteiger partial charge in [-0.25, -0.2) is 0 Å². The van der Waals surface area contributed by atoms with Gasteiger partial charge in [0, 0.05) is 52.8 Å². The number of hydrogen-bond donors (Lipinski definition) is 2. The highest BCUT2D eigenvalue weighted by molar-refractivity contribution is 14.0. The lowest BCUT2D eigenvalue weighted by molar-refractivity contribution is 0.195. The van der Waals surface area contributed by atoms with Gasteiger partial charge in [0.15, 0.2) is 5.96 Å². The largest absolute Gasteiger partial charge is 0.385 e. The van der Waals surface area contributed by atoms with Gasteiger partial charge in [-0.2, -0.15) is 0 Å². The van der Waals surface area contributed by atoms with Gasteiger partial charge in [0.05, 0.1) is 0 Å². The van der Waals surface area contributed by atoms with Crippen molar-refractivity contribution in [3.63, 3.8) is 0 Å². The molecule has 2 N–H and O–H groups in total. The summed E-state index contributed by atoms with van der Waals surface area (Å²) in [6.07, 6.45) is 5.09. The smallest absolute Gasteiger partial charge is 0.191 e. The first-order chi connectivity index (χ1) is 8.36. The van der Waals surface area contributed by atoms with Crippen molar-refractivity contribution >= 4 is 29.9 Å². The van der Waals surface area contributed by atoms with Gasteiger partial charge in [0.25, 0.3) is 0 Å². The van der Waals surface area contributed by atoms with Gasteiger partial charge in [0.2, 0.25) is 0 Å². The number of nitrogens with zero attached hydrogens (tertiary/aromatic N) is 2. The molecule has 1 aromatic rings. The van der Waals surface area contributed by atoms with E-state index in [1.165, 1.54) is 0 Å². The van der Waals surface area contributed by atoms with Crippen molar-refractivity contribution in [3.8, 4) is 0 Å². The first kappa shape index (κ1) is 17.2. The molecular formula is C12H23IN4O. The molecule has 0 saturated carbocycles. The average Bonchev–Trinajstić information content (AvgIpc) is 2.85. The Morgan fingerprint density at radius 2 is 1.89 bits per heavy atom. The van der Waals surface area contributed by atoms with E-state index in [1.54, 1.807) is 14.2 Å². The Hall–Kier alpha value is -0.760. The van der Waals surface area contributed by atoms with Gasteiger partial charge in [-0.1, -0.05) is 0 Å². The maximum atomic E-state index is 4.98. The van der Waals surface area contributed by atoms with E-state index in [1.807, 2.05) is 12.1 Å². The Kier molecular flexibility index (Phi) is 10.9. The standard InChI is InChI=1S/C12H22N4O.HI/c1-13-12(14-6-5-11-17-2)15-7-10-16-8-3-4-9-16;/h3-4,8-9H,5-7,10-11H2,1-2H3,(H2,13,14,15);1H. The van der Waals surface area contributed by atoms with Crippen LogP contribution in [-0.2, 0) is 11.3 Å². The molecule has 0 bridgehead atoms. The molecule has 0 aliphatic rings. The summed E-state index contributed by atoms with van der Waals surface area (Å²) in [6.45, 7) is 3.44. The fourth-order valence-corrected chi connectivity index (χ4v) is 1.47. The highest BCUT2D eigenvalue weighted by Gasteiger charge is 1.96. The summed E-state index contributed by atoms with van der Waals surface area (Å²) < 4.78 is 7.11. The zero-order valence-corrected chi connectivity index (χ0v) is 13.4. The zero-order chi connectivity index (χ0) is 12.3. The third-order valence-corrected chi connectivity index (χ3v) is 2.37. The topological polar surface area (TPSA) is 50.6 Å². The molecule has 104 valence electrons. The molecule has 5 nitrogen and oxygen atoms in total. The van der Waals surface area contributed by atoms with Crippen molar-refractivity contribution in [2.75, 3.05) is 33.9 Å². The van der Waals surface area contributed by atoms with Crippen LogP contribution in [0, 0.1) is 0 Å². The predicted octanol–water partition coefficient (Wildman–Crippen LogP) is 1.31. The van der Waals surface area contributed by atoms with E-state index >= 15 is 0 Å². The van der Waals surface area contributed by atoms with E-state index in [4.69, 9.17) is 4.74 Å². The second-order valence-corrected chi connectivity index (χ2v) is 3.69. The predicted molar refractivity (Wildman–Crippen MR) is 85.7 cm³/mol. The third-order valence-electron chi connectivity index (χ3n) is 2.37. The van der Waals surface area contributed by atoms with E-state index in [0.717, 1.165) is 38.6 Å². The summed E-state index contributed by atoms with van der Waals surface area (Å²) in [4.78, 5) is 4.15. The number of aromatic nitrogens is 1. The van der Waals surface area contributed by atoms with E-state index < -0.39 is 0 Å². The second kappa shape index (κ2) is 11.3. The molecule has 0 saturated heterocycles. The number of hydrogen-bond acceptors (Lipinski definition) is 2. The molecule has 1 heterocycles. The lowest BCUT2D eigenvalue weighted by Gasteiger charge is -2.11. The summed E-state index contributed by atoms with van der Waals surface area (Å²) in [6, 6.07) is 4.05. The molecular weight excluding hydrogens is 343 g/mol. The Morgan fingerprint density at radius 1 is 1.22 bits per heavy atom. The molecule has 1 aromatic heterocycles. The second-order valence-electron chi connectivity index (χ2n) is 3.69. The van der Waals surface area contributed by atoms with Gasteiger partial charge in [-0.3, -0.25) is 4.99 Å². The zero-order valence-electron chi connectivity index (χ0n) is 11.1. The van der Waals surface area contributed by atoms with E-state index in [0.29, 0.717) is 0 Å². The summed E-state index contributed by atoms with van der Waals surface area (Å²) in [7, 11) is 3.49. The first-order valence-corrected chi connectivity index (χ1v) is 5.91. The molecule has 0 atom stereocenters. The van der Waals surface area contributed by atoms with Crippen LogP contribution in [-0.4, -0.2) is 44.4 Å². The number of halogens is 1. The average molecular weight is 366 g/mol.